The lowest BCUT2D eigenvalue weighted by Gasteiger charge is -2.36. The number of allylic oxidation sites excluding steroid dienone is 6. The fraction of sp³-hybridized carbons (Fsp3) is 0.0820. The van der Waals surface area contributed by atoms with E-state index in [2.05, 4.69) is 130 Å². The Hall–Kier alpha value is -8.08. The second-order valence-electron chi connectivity index (χ2n) is 17.0. The third-order valence-corrected chi connectivity index (χ3v) is 12.2. The summed E-state index contributed by atoms with van der Waals surface area (Å²) in [6.07, 6.45) is 8.94. The van der Waals surface area contributed by atoms with Gasteiger partial charge in [-0.15, -0.1) is 0 Å². The highest BCUT2D eigenvalue weighted by Crippen LogP contribution is 2.44. The van der Waals surface area contributed by atoms with E-state index in [-0.39, 0.29) is 5.41 Å². The molecule has 0 bridgehead atoms. The topological polar surface area (TPSA) is 62.0 Å². The summed E-state index contributed by atoms with van der Waals surface area (Å²) in [6.45, 7) is 11.2. The number of fused-ring (bicyclic) bond motifs is 1. The van der Waals surface area contributed by atoms with Gasteiger partial charge < -0.3 is 5.41 Å². The highest BCUT2D eigenvalue weighted by molar-refractivity contribution is 6.10. The molecule has 0 spiro atoms. The Kier molecular flexibility index (Phi) is 12.2. The van der Waals surface area contributed by atoms with Crippen molar-refractivity contribution in [2.45, 2.75) is 32.6 Å². The molecule has 1 aromatic heterocycles. The molecular weight excluding hydrogens is 789 g/mol. The van der Waals surface area contributed by atoms with Gasteiger partial charge in [0.25, 0.3) is 0 Å². The predicted octanol–water partition coefficient (Wildman–Crippen LogP) is 15.1. The van der Waals surface area contributed by atoms with E-state index in [4.69, 9.17) is 20.4 Å². The zero-order chi connectivity index (χ0) is 44.8. The fourth-order valence-corrected chi connectivity index (χ4v) is 8.67. The third-order valence-electron chi connectivity index (χ3n) is 12.2. The third kappa shape index (κ3) is 9.34. The smallest absolute Gasteiger partial charge is 0.160 e. The number of aromatic nitrogens is 2. The van der Waals surface area contributed by atoms with Gasteiger partial charge in [0.1, 0.15) is 0 Å². The van der Waals surface area contributed by atoms with Crippen LogP contribution in [0.5, 0.6) is 0 Å². The van der Waals surface area contributed by atoms with Crippen molar-refractivity contribution >= 4 is 23.2 Å². The first-order valence-electron chi connectivity index (χ1n) is 22.1. The van der Waals surface area contributed by atoms with Gasteiger partial charge in [-0.1, -0.05) is 202 Å². The van der Waals surface area contributed by atoms with Crippen molar-refractivity contribution in [1.29, 1.82) is 5.41 Å². The Morgan fingerprint density at radius 3 is 1.78 bits per heavy atom. The number of hydrogen-bond donors (Lipinski definition) is 1. The summed E-state index contributed by atoms with van der Waals surface area (Å²) in [5, 5.41) is 8.80. The zero-order valence-electron chi connectivity index (χ0n) is 37.0. The van der Waals surface area contributed by atoms with Crippen LogP contribution in [0, 0.1) is 5.41 Å². The fourth-order valence-electron chi connectivity index (χ4n) is 8.67. The first-order valence-corrected chi connectivity index (χ1v) is 22.1. The molecule has 7 aromatic carbocycles. The Balaban J connectivity index is 1.02. The second kappa shape index (κ2) is 18.7. The van der Waals surface area contributed by atoms with Crippen LogP contribution < -0.4 is 0 Å². The van der Waals surface area contributed by atoms with Crippen LogP contribution >= 0.6 is 0 Å². The SMILES string of the molecule is C=CC1=C(/C=C(\C)c2cccc(-c3nc(-c4ccccc4)cc(-c4ccccc4)n3)c2)C(C)(C)c2cc(-c3cccc(C=N/C(=C\C(=N)c4ccccc4)c4ccccc4)c3)ccc2C1. The minimum Gasteiger partial charge on any atom is -0.300 e. The van der Waals surface area contributed by atoms with Gasteiger partial charge in [-0.25, -0.2) is 9.97 Å². The van der Waals surface area contributed by atoms with Crippen molar-refractivity contribution in [3.8, 4) is 45.0 Å². The lowest BCUT2D eigenvalue weighted by Crippen LogP contribution is -2.27. The quantitative estimate of drug-likeness (QED) is 0.125. The molecule has 1 aliphatic carbocycles. The molecule has 1 heterocycles. The minimum atomic E-state index is -0.304. The van der Waals surface area contributed by atoms with Crippen molar-refractivity contribution in [3.05, 3.63) is 263 Å². The predicted molar refractivity (Wildman–Crippen MR) is 273 cm³/mol. The molecule has 8 aromatic rings. The van der Waals surface area contributed by atoms with Crippen LogP contribution in [0.2, 0.25) is 0 Å². The molecular formula is C61H50N4. The molecule has 0 atom stereocenters. The lowest BCUT2D eigenvalue weighted by molar-refractivity contribution is 0.611. The Morgan fingerprint density at radius 1 is 0.585 bits per heavy atom. The minimum absolute atomic E-state index is 0.304. The molecule has 65 heavy (non-hydrogen) atoms. The maximum absolute atomic E-state index is 8.80. The second-order valence-corrected chi connectivity index (χ2v) is 17.0. The summed E-state index contributed by atoms with van der Waals surface area (Å²) < 4.78 is 0. The van der Waals surface area contributed by atoms with Crippen LogP contribution in [-0.2, 0) is 11.8 Å². The summed E-state index contributed by atoms with van der Waals surface area (Å²) in [4.78, 5) is 15.2. The van der Waals surface area contributed by atoms with Crippen molar-refractivity contribution in [3.63, 3.8) is 0 Å². The van der Waals surface area contributed by atoms with Crippen LogP contribution in [0.25, 0.3) is 56.3 Å². The number of aliphatic imine (C=N–C) groups is 1. The summed E-state index contributed by atoms with van der Waals surface area (Å²) in [5.74, 6) is 0.692. The number of rotatable bonds is 12. The maximum Gasteiger partial charge on any atom is 0.160 e. The van der Waals surface area contributed by atoms with Crippen LogP contribution in [0.4, 0.5) is 0 Å². The van der Waals surface area contributed by atoms with Crippen molar-refractivity contribution in [1.82, 2.24) is 9.97 Å². The Morgan fingerprint density at radius 2 is 1.14 bits per heavy atom. The molecule has 314 valence electrons. The first-order chi connectivity index (χ1) is 31.7. The van der Waals surface area contributed by atoms with Gasteiger partial charge >= 0.3 is 0 Å². The van der Waals surface area contributed by atoms with Crippen molar-refractivity contribution in [2.75, 3.05) is 0 Å². The van der Waals surface area contributed by atoms with Crippen LogP contribution in [-0.4, -0.2) is 21.9 Å². The van der Waals surface area contributed by atoms with E-state index in [1.807, 2.05) is 115 Å². The van der Waals surface area contributed by atoms with E-state index >= 15 is 0 Å². The van der Waals surface area contributed by atoms with Crippen molar-refractivity contribution < 1.29 is 0 Å². The van der Waals surface area contributed by atoms with Crippen LogP contribution in [0.15, 0.2) is 235 Å². The number of nitrogens with one attached hydrogen (secondary N) is 1. The Bertz CT molecular complexity index is 3100. The van der Waals surface area contributed by atoms with Crippen LogP contribution in [0.1, 0.15) is 54.2 Å². The molecule has 0 unspecified atom stereocenters. The molecule has 0 aliphatic heterocycles. The van der Waals surface area contributed by atoms with E-state index in [1.54, 1.807) is 0 Å². The summed E-state index contributed by atoms with van der Waals surface area (Å²) in [7, 11) is 0. The molecule has 1 N–H and O–H groups in total. The number of hydrogen-bond acceptors (Lipinski definition) is 4. The van der Waals surface area contributed by atoms with Gasteiger partial charge in [-0.2, -0.15) is 0 Å². The Labute approximate surface area is 383 Å². The van der Waals surface area contributed by atoms with Gasteiger partial charge in [0.05, 0.1) is 22.8 Å². The molecule has 0 amide bonds. The van der Waals surface area contributed by atoms with Gasteiger partial charge in [-0.3, -0.25) is 4.99 Å². The van der Waals surface area contributed by atoms with E-state index in [0.717, 1.165) is 79.1 Å². The average Bonchev–Trinajstić information content (AvgIpc) is 3.37. The number of nitrogens with zero attached hydrogens (tertiary/aromatic N) is 3. The monoisotopic (exact) mass is 838 g/mol. The highest BCUT2D eigenvalue weighted by Gasteiger charge is 2.33. The maximum atomic E-state index is 8.80. The zero-order valence-corrected chi connectivity index (χ0v) is 37.0. The van der Waals surface area contributed by atoms with Gasteiger partial charge in [-0.05, 0) is 99.3 Å². The van der Waals surface area contributed by atoms with E-state index in [0.29, 0.717) is 11.5 Å². The lowest BCUT2D eigenvalue weighted by atomic mass is 9.67. The molecule has 1 aliphatic rings. The van der Waals surface area contributed by atoms with Gasteiger partial charge in [0.15, 0.2) is 5.82 Å². The summed E-state index contributed by atoms with van der Waals surface area (Å²) >= 11 is 0. The van der Waals surface area contributed by atoms with E-state index in [9.17, 15) is 0 Å². The first kappa shape index (κ1) is 42.2. The van der Waals surface area contributed by atoms with Crippen molar-refractivity contribution in [2.24, 2.45) is 4.99 Å². The molecule has 4 nitrogen and oxygen atoms in total. The molecule has 9 rings (SSSR count). The van der Waals surface area contributed by atoms with Gasteiger partial charge in [0.2, 0.25) is 0 Å². The highest BCUT2D eigenvalue weighted by atomic mass is 14.9. The standard InChI is InChI=1S/C61H50N4/c1-5-44-36-52-33-32-51(50-30-18-20-43(35-50)41-63-57(46-23-12-7-13-24-46)39-56(62)45-21-10-6-11-22-45)38-55(52)61(3,4)54(44)34-42(2)49-29-19-31-53(37-49)60-64-58(47-25-14-8-15-26-47)40-59(65-60)48-27-16-9-17-28-48/h5-35,37-41,62H,1,36H2,2-4H3/b42-34+,57-39-,62-56?,63-41?. The van der Waals surface area contributed by atoms with Gasteiger partial charge in [0, 0.05) is 33.9 Å². The van der Waals surface area contributed by atoms with E-state index < -0.39 is 0 Å². The van der Waals surface area contributed by atoms with Crippen LogP contribution in [0.3, 0.4) is 0 Å². The average molecular weight is 839 g/mol. The van der Waals surface area contributed by atoms with E-state index in [1.165, 1.54) is 22.3 Å². The molecule has 0 saturated heterocycles. The molecule has 0 saturated carbocycles. The largest absolute Gasteiger partial charge is 0.300 e. The normalized spacial score (nSPS) is 13.7. The summed E-state index contributed by atoms with van der Waals surface area (Å²) in [5.41, 5.74) is 18.1. The molecule has 0 fully saturated rings. The molecule has 4 heteroatoms. The number of benzene rings is 7. The summed E-state index contributed by atoms with van der Waals surface area (Å²) in [6, 6.07) is 66.5. The molecule has 0 radical (unpaired) electrons.